The van der Waals surface area contributed by atoms with E-state index in [0.29, 0.717) is 12.8 Å². The lowest BCUT2D eigenvalue weighted by molar-refractivity contribution is -0.144. The normalized spacial score (nSPS) is 28.3. The van der Waals surface area contributed by atoms with Crippen LogP contribution in [0.25, 0.3) is 0 Å². The van der Waals surface area contributed by atoms with Crippen molar-refractivity contribution in [3.8, 4) is 0 Å². The molecule has 2 atom stereocenters. The standard InChI is InChI=1S/C18H31BO6.C9H17BO2.CH4/c1-16(2)17(3,4)25-19(24-16)12-11-14-13(22-18(5,6)23-14)9-8-10-15(20)21-7;1-6-7-10-11-8(2,3)9(4,5)12-10;/h11-14H,8-10H2,1-7H3;6-7H,1-5H3;1H4/b12-11+;7-6+;/t13-,14+;;/m0../s1. The average Bonchev–Trinajstić information content (AvgIpc) is 3.23. The molecule has 3 aliphatic heterocycles. The molecule has 10 heteroatoms. The fourth-order valence-electron chi connectivity index (χ4n) is 4.09. The monoisotopic (exact) mass is 538 g/mol. The first-order valence-electron chi connectivity index (χ1n) is 13.3. The van der Waals surface area contributed by atoms with Gasteiger partial charge in [-0.25, -0.2) is 0 Å². The van der Waals surface area contributed by atoms with E-state index in [-0.39, 0.29) is 55.1 Å². The van der Waals surface area contributed by atoms with Gasteiger partial charge in [-0.3, -0.25) is 4.79 Å². The van der Waals surface area contributed by atoms with Crippen LogP contribution in [0, 0.1) is 0 Å². The highest BCUT2D eigenvalue weighted by Crippen LogP contribution is 2.38. The van der Waals surface area contributed by atoms with Crippen LogP contribution >= 0.6 is 0 Å². The second-order valence-corrected chi connectivity index (χ2v) is 12.3. The van der Waals surface area contributed by atoms with Gasteiger partial charge in [0.05, 0.1) is 35.6 Å². The van der Waals surface area contributed by atoms with Crippen LogP contribution in [0.3, 0.4) is 0 Å². The topological polar surface area (TPSA) is 81.7 Å². The smallest absolute Gasteiger partial charge is 0.469 e. The van der Waals surface area contributed by atoms with Gasteiger partial charge in [0.2, 0.25) is 0 Å². The highest BCUT2D eigenvalue weighted by Gasteiger charge is 2.51. The minimum Gasteiger partial charge on any atom is -0.469 e. The van der Waals surface area contributed by atoms with Gasteiger partial charge < -0.3 is 32.8 Å². The second-order valence-electron chi connectivity index (χ2n) is 12.3. The average molecular weight is 538 g/mol. The van der Waals surface area contributed by atoms with Gasteiger partial charge in [-0.2, -0.15) is 0 Å². The molecule has 0 aliphatic carbocycles. The molecule has 3 saturated heterocycles. The quantitative estimate of drug-likeness (QED) is 0.294. The zero-order valence-corrected chi connectivity index (χ0v) is 25.0. The Balaban J connectivity index is 0.000000468. The molecule has 3 fully saturated rings. The largest absolute Gasteiger partial charge is 0.486 e. The van der Waals surface area contributed by atoms with E-state index in [4.69, 9.17) is 28.1 Å². The van der Waals surface area contributed by atoms with Crippen LogP contribution in [-0.2, 0) is 37.6 Å². The molecule has 0 aromatic heterocycles. The van der Waals surface area contributed by atoms with Crippen LogP contribution < -0.4 is 0 Å². The molecule has 0 N–H and O–H groups in total. The van der Waals surface area contributed by atoms with E-state index in [1.165, 1.54) is 7.11 Å². The highest BCUT2D eigenvalue weighted by molar-refractivity contribution is 6.52. The van der Waals surface area contributed by atoms with Crippen LogP contribution in [0.5, 0.6) is 0 Å². The van der Waals surface area contributed by atoms with E-state index in [1.54, 1.807) is 0 Å². The predicted octanol–water partition coefficient (Wildman–Crippen LogP) is 5.87. The maximum absolute atomic E-state index is 11.3. The molecule has 218 valence electrons. The molecule has 0 aromatic carbocycles. The SMILES string of the molecule is C.C/C=C/B1OC(C)(C)C(C)(C)O1.COC(=O)CCC[C@@H]1OC(C)(C)O[C@@H]1/C=C/B1OC(C)(C)C(C)(C)O1. The van der Waals surface area contributed by atoms with Crippen LogP contribution in [0.15, 0.2) is 24.1 Å². The van der Waals surface area contributed by atoms with Crippen molar-refractivity contribution in [1.29, 1.82) is 0 Å². The van der Waals surface area contributed by atoms with E-state index in [2.05, 4.69) is 32.4 Å². The van der Waals surface area contributed by atoms with Crippen molar-refractivity contribution in [1.82, 2.24) is 0 Å². The first kappa shape index (κ1) is 34.9. The lowest BCUT2D eigenvalue weighted by Crippen LogP contribution is -2.41. The van der Waals surface area contributed by atoms with Crippen LogP contribution in [0.2, 0.25) is 0 Å². The van der Waals surface area contributed by atoms with Gasteiger partial charge in [-0.15, -0.1) is 0 Å². The Hall–Kier alpha value is -1.16. The van der Waals surface area contributed by atoms with Crippen molar-refractivity contribution in [2.45, 2.75) is 143 Å². The number of hydrogen-bond acceptors (Lipinski definition) is 8. The number of hydrogen-bond donors (Lipinski definition) is 0. The lowest BCUT2D eigenvalue weighted by atomic mass is 9.88. The zero-order valence-electron chi connectivity index (χ0n) is 25.0. The molecular formula is C28H52B2O8. The van der Waals surface area contributed by atoms with E-state index in [9.17, 15) is 4.79 Å². The molecule has 0 radical (unpaired) electrons. The van der Waals surface area contributed by atoms with Crippen molar-refractivity contribution >= 4 is 20.2 Å². The number of allylic oxidation sites excluding steroid dienone is 1. The molecule has 38 heavy (non-hydrogen) atoms. The second kappa shape index (κ2) is 13.0. The highest BCUT2D eigenvalue weighted by atomic mass is 16.8. The predicted molar refractivity (Wildman–Crippen MR) is 153 cm³/mol. The summed E-state index contributed by atoms with van der Waals surface area (Å²) in [5.74, 6) is 2.96. The van der Waals surface area contributed by atoms with Gasteiger partial charge in [-0.05, 0) is 89.0 Å². The van der Waals surface area contributed by atoms with Gasteiger partial charge in [-0.1, -0.05) is 31.5 Å². The van der Waals surface area contributed by atoms with Crippen LogP contribution in [-0.4, -0.2) is 67.7 Å². The third-order valence-electron chi connectivity index (χ3n) is 7.67. The molecule has 0 amide bonds. The Morgan fingerprint density at radius 2 is 1.24 bits per heavy atom. The number of rotatable bonds is 7. The molecule has 3 heterocycles. The Morgan fingerprint density at radius 3 is 1.66 bits per heavy atom. The minimum absolute atomic E-state index is 0. The molecule has 0 spiro atoms. The molecule has 3 aliphatic rings. The van der Waals surface area contributed by atoms with Gasteiger partial charge in [0, 0.05) is 6.42 Å². The van der Waals surface area contributed by atoms with Gasteiger partial charge >= 0.3 is 20.2 Å². The van der Waals surface area contributed by atoms with Crippen LogP contribution in [0.1, 0.15) is 103 Å². The summed E-state index contributed by atoms with van der Waals surface area (Å²) in [6.45, 7) is 22.0. The van der Waals surface area contributed by atoms with Crippen molar-refractivity contribution in [2.75, 3.05) is 7.11 Å². The number of methoxy groups -OCH3 is 1. The summed E-state index contributed by atoms with van der Waals surface area (Å²) >= 11 is 0. The summed E-state index contributed by atoms with van der Waals surface area (Å²) < 4.78 is 40.0. The third-order valence-corrected chi connectivity index (χ3v) is 7.67. The molecule has 3 rings (SSSR count). The van der Waals surface area contributed by atoms with E-state index >= 15 is 0 Å². The Labute approximate surface area is 232 Å². The summed E-state index contributed by atoms with van der Waals surface area (Å²) in [4.78, 5) is 11.3. The van der Waals surface area contributed by atoms with Crippen molar-refractivity contribution < 1.29 is 37.6 Å². The first-order valence-corrected chi connectivity index (χ1v) is 13.3. The Kier molecular flexibility index (Phi) is 11.9. The first-order chi connectivity index (χ1) is 16.8. The Morgan fingerprint density at radius 1 is 0.789 bits per heavy atom. The van der Waals surface area contributed by atoms with E-state index in [1.807, 2.05) is 72.6 Å². The molecule has 0 saturated carbocycles. The fraction of sp³-hybridized carbons (Fsp3) is 0.821. The molecule has 0 unspecified atom stereocenters. The van der Waals surface area contributed by atoms with Crippen LogP contribution in [0.4, 0.5) is 0 Å². The molecular weight excluding hydrogens is 486 g/mol. The molecule has 0 bridgehead atoms. The van der Waals surface area contributed by atoms with Gasteiger partial charge in [0.1, 0.15) is 6.10 Å². The van der Waals surface area contributed by atoms with Crippen molar-refractivity contribution in [3.63, 3.8) is 0 Å². The number of esters is 1. The summed E-state index contributed by atoms with van der Waals surface area (Å²) in [6, 6.07) is 0. The van der Waals surface area contributed by atoms with Crippen molar-refractivity contribution in [2.24, 2.45) is 0 Å². The van der Waals surface area contributed by atoms with Crippen molar-refractivity contribution in [3.05, 3.63) is 24.1 Å². The van der Waals surface area contributed by atoms with Gasteiger partial charge in [0.25, 0.3) is 0 Å². The number of carbonyl (C=O) groups excluding carboxylic acids is 1. The van der Waals surface area contributed by atoms with E-state index < -0.39 is 12.9 Å². The van der Waals surface area contributed by atoms with E-state index in [0.717, 1.165) is 6.42 Å². The summed E-state index contributed by atoms with van der Waals surface area (Å²) in [7, 11) is 0.810. The fourth-order valence-corrected chi connectivity index (χ4v) is 4.09. The summed E-state index contributed by atoms with van der Waals surface area (Å²) in [5, 5.41) is 0. The third kappa shape index (κ3) is 8.93. The maximum Gasteiger partial charge on any atom is 0.486 e. The number of ether oxygens (including phenoxy) is 3. The Bertz CT molecular complexity index is 803. The molecule has 0 aromatic rings. The summed E-state index contributed by atoms with van der Waals surface area (Å²) in [6.07, 6.45) is 5.37. The minimum atomic E-state index is -0.652. The van der Waals surface area contributed by atoms with Gasteiger partial charge in [0.15, 0.2) is 5.79 Å². The lowest BCUT2D eigenvalue weighted by Gasteiger charge is -2.32. The summed E-state index contributed by atoms with van der Waals surface area (Å²) in [5.41, 5.74) is -1.16. The maximum atomic E-state index is 11.3. The zero-order chi connectivity index (χ0) is 28.3. The number of carbonyl (C=O) groups is 1. The molecule has 8 nitrogen and oxygen atoms in total.